The highest BCUT2D eigenvalue weighted by Gasteiger charge is 2.19. The van der Waals surface area contributed by atoms with Crippen LogP contribution >= 0.6 is 0 Å². The quantitative estimate of drug-likeness (QED) is 0.190. The minimum Gasteiger partial charge on any atom is -0.456 e. The van der Waals surface area contributed by atoms with Crippen LogP contribution < -0.4 is 0 Å². The number of hydrogen-bond acceptors (Lipinski definition) is 2. The standard InChI is InChI=1S/C48H29NO2/c1-3-11-30(12-4-1)33-25-34(31-13-5-2-6-14-31)27-35(26-33)32-19-21-43-39(28-32)47-45(50-43)23-24-46-48(47)40-29-36(20-22-44(40)51-46)49-41-17-9-7-15-37(41)38-16-8-10-18-42(38)49/h1-29H. The zero-order valence-corrected chi connectivity index (χ0v) is 27.5. The molecule has 0 N–H and O–H groups in total. The van der Waals surface area contributed by atoms with Crippen LogP contribution in [0.3, 0.4) is 0 Å². The van der Waals surface area contributed by atoms with Crippen LogP contribution in [0.1, 0.15) is 0 Å². The summed E-state index contributed by atoms with van der Waals surface area (Å²) in [5.41, 5.74) is 13.9. The first kappa shape index (κ1) is 28.0. The first-order valence-electron chi connectivity index (χ1n) is 17.3. The van der Waals surface area contributed by atoms with Gasteiger partial charge in [-0.25, -0.2) is 0 Å². The molecule has 3 aromatic heterocycles. The highest BCUT2D eigenvalue weighted by atomic mass is 16.3. The maximum absolute atomic E-state index is 6.53. The van der Waals surface area contributed by atoms with Gasteiger partial charge in [0.15, 0.2) is 0 Å². The third kappa shape index (κ3) is 4.32. The molecule has 0 fully saturated rings. The SMILES string of the molecule is c1ccc(-c2cc(-c3ccccc3)cc(-c3ccc4oc5ccc6oc7ccc(-n8c9ccccc9c9ccccc98)cc7c6c5c4c3)c2)cc1. The second kappa shape index (κ2) is 10.8. The molecule has 0 aliphatic rings. The van der Waals surface area contributed by atoms with Crippen molar-refractivity contribution < 1.29 is 8.83 Å². The average molecular weight is 652 g/mol. The van der Waals surface area contributed by atoms with Crippen molar-refractivity contribution in [2.24, 2.45) is 0 Å². The molecular weight excluding hydrogens is 623 g/mol. The highest BCUT2D eigenvalue weighted by Crippen LogP contribution is 2.43. The fraction of sp³-hybridized carbons (Fsp3) is 0. The zero-order chi connectivity index (χ0) is 33.5. The molecule has 0 unspecified atom stereocenters. The van der Waals surface area contributed by atoms with Gasteiger partial charge in [-0.05, 0) is 106 Å². The second-order valence-corrected chi connectivity index (χ2v) is 13.3. The largest absolute Gasteiger partial charge is 0.456 e. The lowest BCUT2D eigenvalue weighted by atomic mass is 9.92. The second-order valence-electron chi connectivity index (χ2n) is 13.3. The molecule has 0 aliphatic carbocycles. The van der Waals surface area contributed by atoms with Crippen molar-refractivity contribution >= 4 is 65.7 Å². The fourth-order valence-corrected chi connectivity index (χ4v) is 8.03. The number of hydrogen-bond donors (Lipinski definition) is 0. The van der Waals surface area contributed by atoms with Gasteiger partial charge in [-0.15, -0.1) is 0 Å². The predicted octanol–water partition coefficient (Wildman–Crippen LogP) is 13.6. The van der Waals surface area contributed by atoms with Crippen LogP contribution in [-0.4, -0.2) is 4.57 Å². The Labute approximate surface area is 293 Å². The molecule has 3 nitrogen and oxygen atoms in total. The molecule has 0 radical (unpaired) electrons. The summed E-state index contributed by atoms with van der Waals surface area (Å²) in [6.45, 7) is 0. The van der Waals surface area contributed by atoms with Crippen molar-refractivity contribution in [3.05, 3.63) is 176 Å². The number of para-hydroxylation sites is 2. The number of nitrogens with zero attached hydrogens (tertiary/aromatic N) is 1. The van der Waals surface area contributed by atoms with Crippen molar-refractivity contribution in [1.29, 1.82) is 0 Å². The van der Waals surface area contributed by atoms with E-state index in [2.05, 4.69) is 168 Å². The minimum absolute atomic E-state index is 0.849. The van der Waals surface area contributed by atoms with Gasteiger partial charge >= 0.3 is 0 Å². The number of benzene rings is 8. The fourth-order valence-electron chi connectivity index (χ4n) is 8.03. The monoisotopic (exact) mass is 651 g/mol. The smallest absolute Gasteiger partial charge is 0.136 e. The summed E-state index contributed by atoms with van der Waals surface area (Å²) < 4.78 is 15.4. The van der Waals surface area contributed by atoms with Gasteiger partial charge in [0.05, 0.1) is 11.0 Å². The third-order valence-corrected chi connectivity index (χ3v) is 10.4. The van der Waals surface area contributed by atoms with Crippen molar-refractivity contribution in [2.45, 2.75) is 0 Å². The summed E-state index contributed by atoms with van der Waals surface area (Å²) in [5.74, 6) is 0. The van der Waals surface area contributed by atoms with Gasteiger partial charge in [0.2, 0.25) is 0 Å². The van der Waals surface area contributed by atoms with Crippen LogP contribution in [0.25, 0.3) is 105 Å². The van der Waals surface area contributed by atoms with E-state index in [1.165, 1.54) is 44.1 Å². The molecule has 0 bridgehead atoms. The van der Waals surface area contributed by atoms with Crippen molar-refractivity contribution in [3.8, 4) is 39.1 Å². The van der Waals surface area contributed by atoms with Gasteiger partial charge in [-0.3, -0.25) is 0 Å². The first-order chi connectivity index (χ1) is 25.3. The Morgan fingerprint density at radius 1 is 0.294 bits per heavy atom. The predicted molar refractivity (Wildman–Crippen MR) is 212 cm³/mol. The Balaban J connectivity index is 1.15. The first-order valence-corrected chi connectivity index (χ1v) is 17.3. The lowest BCUT2D eigenvalue weighted by Gasteiger charge is -2.11. The van der Waals surface area contributed by atoms with E-state index in [0.717, 1.165) is 60.7 Å². The average Bonchev–Trinajstić information content (AvgIpc) is 3.87. The van der Waals surface area contributed by atoms with Gasteiger partial charge in [-0.2, -0.15) is 0 Å². The van der Waals surface area contributed by atoms with Crippen molar-refractivity contribution in [2.75, 3.05) is 0 Å². The normalized spacial score (nSPS) is 11.9. The van der Waals surface area contributed by atoms with Crippen LogP contribution in [0.4, 0.5) is 0 Å². The third-order valence-electron chi connectivity index (χ3n) is 10.4. The van der Waals surface area contributed by atoms with E-state index in [-0.39, 0.29) is 0 Å². The van der Waals surface area contributed by atoms with Crippen LogP contribution in [0.15, 0.2) is 185 Å². The molecule has 11 rings (SSSR count). The van der Waals surface area contributed by atoms with Crippen LogP contribution in [0, 0.1) is 0 Å². The van der Waals surface area contributed by atoms with Gasteiger partial charge < -0.3 is 13.4 Å². The van der Waals surface area contributed by atoms with Crippen LogP contribution in [-0.2, 0) is 0 Å². The minimum atomic E-state index is 0.849. The lowest BCUT2D eigenvalue weighted by Crippen LogP contribution is -1.93. The molecule has 0 aliphatic heterocycles. The Kier molecular flexibility index (Phi) is 5.96. The molecule has 238 valence electrons. The summed E-state index contributed by atoms with van der Waals surface area (Å²) in [4.78, 5) is 0. The maximum atomic E-state index is 6.53. The number of rotatable bonds is 4. The lowest BCUT2D eigenvalue weighted by molar-refractivity contribution is 0.663. The van der Waals surface area contributed by atoms with Crippen LogP contribution in [0.2, 0.25) is 0 Å². The highest BCUT2D eigenvalue weighted by molar-refractivity contribution is 6.26. The molecule has 0 saturated heterocycles. The Morgan fingerprint density at radius 2 is 0.745 bits per heavy atom. The molecule has 11 aromatic rings. The van der Waals surface area contributed by atoms with E-state index in [1.807, 2.05) is 12.1 Å². The van der Waals surface area contributed by atoms with Gasteiger partial charge in [0.25, 0.3) is 0 Å². The van der Waals surface area contributed by atoms with E-state index in [1.54, 1.807) is 0 Å². The zero-order valence-electron chi connectivity index (χ0n) is 27.5. The topological polar surface area (TPSA) is 31.2 Å². The molecular formula is C48H29NO2. The number of fused-ring (bicyclic) bond motifs is 10. The summed E-state index contributed by atoms with van der Waals surface area (Å²) in [5, 5.41) is 6.78. The molecule has 51 heavy (non-hydrogen) atoms. The van der Waals surface area contributed by atoms with Crippen molar-refractivity contribution in [3.63, 3.8) is 0 Å². The van der Waals surface area contributed by atoms with Crippen LogP contribution in [0.5, 0.6) is 0 Å². The van der Waals surface area contributed by atoms with Gasteiger partial charge in [0, 0.05) is 38.0 Å². The molecule has 3 heteroatoms. The summed E-state index contributed by atoms with van der Waals surface area (Å²) in [6.07, 6.45) is 0. The molecule has 0 spiro atoms. The van der Waals surface area contributed by atoms with E-state index in [0.29, 0.717) is 0 Å². The van der Waals surface area contributed by atoms with Gasteiger partial charge in [-0.1, -0.05) is 103 Å². The van der Waals surface area contributed by atoms with E-state index >= 15 is 0 Å². The van der Waals surface area contributed by atoms with E-state index in [9.17, 15) is 0 Å². The molecule has 0 saturated carbocycles. The number of furan rings is 2. The van der Waals surface area contributed by atoms with E-state index in [4.69, 9.17) is 8.83 Å². The molecule has 0 amide bonds. The molecule has 8 aromatic carbocycles. The van der Waals surface area contributed by atoms with E-state index < -0.39 is 0 Å². The Hall–Kier alpha value is -6.84. The number of aromatic nitrogens is 1. The maximum Gasteiger partial charge on any atom is 0.136 e. The summed E-state index contributed by atoms with van der Waals surface area (Å²) in [7, 11) is 0. The summed E-state index contributed by atoms with van der Waals surface area (Å²) >= 11 is 0. The molecule has 3 heterocycles. The Morgan fingerprint density at radius 3 is 1.31 bits per heavy atom. The van der Waals surface area contributed by atoms with Gasteiger partial charge in [0.1, 0.15) is 22.3 Å². The molecule has 0 atom stereocenters. The summed E-state index contributed by atoms with van der Waals surface area (Å²) in [6, 6.07) is 62.6. The Bertz CT molecular complexity index is 3010. The van der Waals surface area contributed by atoms with Crippen molar-refractivity contribution in [1.82, 2.24) is 4.57 Å².